The van der Waals surface area contributed by atoms with Crippen molar-refractivity contribution in [2.24, 2.45) is 5.73 Å². The van der Waals surface area contributed by atoms with Crippen molar-refractivity contribution >= 4 is 11.1 Å². The molecular weight excluding hydrogens is 178 g/mol. The Balaban J connectivity index is 2.49. The molecule has 0 saturated carbocycles. The third-order valence-corrected chi connectivity index (χ3v) is 1.95. The first-order valence-corrected chi connectivity index (χ1v) is 4.29. The van der Waals surface area contributed by atoms with E-state index in [1.807, 2.05) is 18.2 Å². The largest absolute Gasteiger partial charge is 0.439 e. The summed E-state index contributed by atoms with van der Waals surface area (Å²) >= 11 is 0. The molecule has 2 rings (SSSR count). The average molecular weight is 187 g/mol. The number of nitrogens with two attached hydrogens (primary N) is 1. The second-order valence-electron chi connectivity index (χ2n) is 2.95. The van der Waals surface area contributed by atoms with Gasteiger partial charge >= 0.3 is 0 Å². The summed E-state index contributed by atoms with van der Waals surface area (Å²) in [6, 6.07) is 7.61. The smallest absolute Gasteiger partial charge is 0.209 e. The number of fused-ring (bicyclic) bond motifs is 1. The van der Waals surface area contributed by atoms with E-state index < -0.39 is 0 Å². The summed E-state index contributed by atoms with van der Waals surface area (Å²) in [5.41, 5.74) is 7.81. The standard InChI is InChI=1S/C10H9N3O/c11-4-3-7-1-2-8-9(5-7)14-10(6-12)13-8/h1-2,5H,3,6,12H2. The zero-order valence-corrected chi connectivity index (χ0v) is 7.53. The van der Waals surface area contributed by atoms with E-state index >= 15 is 0 Å². The van der Waals surface area contributed by atoms with Crippen LogP contribution in [0.3, 0.4) is 0 Å². The molecule has 0 fully saturated rings. The lowest BCUT2D eigenvalue weighted by molar-refractivity contribution is 0.533. The molecule has 1 heterocycles. The molecule has 0 amide bonds. The minimum atomic E-state index is 0.294. The van der Waals surface area contributed by atoms with Gasteiger partial charge in [-0.2, -0.15) is 5.26 Å². The van der Waals surface area contributed by atoms with E-state index in [2.05, 4.69) is 11.1 Å². The predicted molar refractivity (Wildman–Crippen MR) is 51.2 cm³/mol. The fourth-order valence-corrected chi connectivity index (χ4v) is 1.31. The van der Waals surface area contributed by atoms with Crippen LogP contribution in [0.4, 0.5) is 0 Å². The molecule has 0 aliphatic rings. The van der Waals surface area contributed by atoms with Crippen molar-refractivity contribution in [1.82, 2.24) is 4.98 Å². The van der Waals surface area contributed by atoms with Crippen LogP contribution in [0, 0.1) is 11.3 Å². The molecule has 0 atom stereocenters. The quantitative estimate of drug-likeness (QED) is 0.769. The number of rotatable bonds is 2. The van der Waals surface area contributed by atoms with E-state index in [-0.39, 0.29) is 0 Å². The molecule has 2 aromatic rings. The Morgan fingerprint density at radius 1 is 1.50 bits per heavy atom. The van der Waals surface area contributed by atoms with Gasteiger partial charge in [0, 0.05) is 0 Å². The van der Waals surface area contributed by atoms with Crippen LogP contribution < -0.4 is 5.73 Å². The Bertz CT molecular complexity index is 496. The van der Waals surface area contributed by atoms with Crippen molar-refractivity contribution in [2.75, 3.05) is 0 Å². The number of nitriles is 1. The first-order valence-electron chi connectivity index (χ1n) is 4.29. The Hall–Kier alpha value is -1.86. The van der Waals surface area contributed by atoms with E-state index in [1.165, 1.54) is 0 Å². The van der Waals surface area contributed by atoms with Crippen LogP contribution in [-0.2, 0) is 13.0 Å². The zero-order valence-electron chi connectivity index (χ0n) is 7.53. The van der Waals surface area contributed by atoms with Crippen LogP contribution in [-0.4, -0.2) is 4.98 Å². The summed E-state index contributed by atoms with van der Waals surface area (Å²) in [6.07, 6.45) is 0.384. The molecule has 2 N–H and O–H groups in total. The van der Waals surface area contributed by atoms with E-state index in [1.54, 1.807) is 0 Å². The van der Waals surface area contributed by atoms with Crippen LogP contribution in [0.15, 0.2) is 22.6 Å². The minimum Gasteiger partial charge on any atom is -0.439 e. The maximum absolute atomic E-state index is 8.53. The lowest BCUT2D eigenvalue weighted by atomic mass is 10.1. The van der Waals surface area contributed by atoms with Crippen molar-refractivity contribution in [3.8, 4) is 6.07 Å². The van der Waals surface area contributed by atoms with Crippen molar-refractivity contribution in [3.05, 3.63) is 29.7 Å². The topological polar surface area (TPSA) is 75.8 Å². The molecule has 0 radical (unpaired) electrons. The highest BCUT2D eigenvalue weighted by atomic mass is 16.3. The number of aromatic nitrogens is 1. The van der Waals surface area contributed by atoms with Crippen molar-refractivity contribution in [1.29, 1.82) is 5.26 Å². The predicted octanol–water partition coefficient (Wildman–Crippen LogP) is 1.35. The van der Waals surface area contributed by atoms with Crippen LogP contribution in [0.2, 0.25) is 0 Å². The first-order chi connectivity index (χ1) is 6.83. The van der Waals surface area contributed by atoms with Gasteiger partial charge in [-0.25, -0.2) is 4.98 Å². The molecule has 0 unspecified atom stereocenters. The lowest BCUT2D eigenvalue weighted by Crippen LogP contribution is -1.94. The highest BCUT2D eigenvalue weighted by molar-refractivity contribution is 5.73. The number of oxazole rings is 1. The maximum atomic E-state index is 8.53. The second kappa shape index (κ2) is 3.48. The molecule has 0 bridgehead atoms. The molecular formula is C10H9N3O. The highest BCUT2D eigenvalue weighted by Crippen LogP contribution is 2.17. The van der Waals surface area contributed by atoms with Crippen LogP contribution in [0.5, 0.6) is 0 Å². The van der Waals surface area contributed by atoms with Gasteiger partial charge in [-0.05, 0) is 17.7 Å². The summed E-state index contributed by atoms with van der Waals surface area (Å²) in [4.78, 5) is 4.16. The molecule has 0 saturated heterocycles. The lowest BCUT2D eigenvalue weighted by Gasteiger charge is -1.91. The van der Waals surface area contributed by atoms with Crippen molar-refractivity contribution < 1.29 is 4.42 Å². The van der Waals surface area contributed by atoms with Gasteiger partial charge in [0.05, 0.1) is 19.0 Å². The normalized spacial score (nSPS) is 10.3. The summed E-state index contributed by atoms with van der Waals surface area (Å²) < 4.78 is 5.36. The van der Waals surface area contributed by atoms with Crippen LogP contribution in [0.1, 0.15) is 11.5 Å². The van der Waals surface area contributed by atoms with E-state index in [4.69, 9.17) is 15.4 Å². The highest BCUT2D eigenvalue weighted by Gasteiger charge is 2.04. The maximum Gasteiger partial charge on any atom is 0.209 e. The number of benzene rings is 1. The third kappa shape index (κ3) is 1.45. The molecule has 0 spiro atoms. The van der Waals surface area contributed by atoms with Crippen molar-refractivity contribution in [3.63, 3.8) is 0 Å². The molecule has 1 aromatic carbocycles. The monoisotopic (exact) mass is 187 g/mol. The molecule has 0 aliphatic heterocycles. The summed E-state index contributed by atoms with van der Waals surface area (Å²) in [5.74, 6) is 0.522. The minimum absolute atomic E-state index is 0.294. The van der Waals surface area contributed by atoms with E-state index in [9.17, 15) is 0 Å². The molecule has 14 heavy (non-hydrogen) atoms. The van der Waals surface area contributed by atoms with Crippen LogP contribution >= 0.6 is 0 Å². The van der Waals surface area contributed by atoms with Gasteiger partial charge in [-0.3, -0.25) is 0 Å². The van der Waals surface area contributed by atoms with E-state index in [0.717, 1.165) is 11.1 Å². The third-order valence-electron chi connectivity index (χ3n) is 1.95. The summed E-state index contributed by atoms with van der Waals surface area (Å²) in [5, 5.41) is 8.53. The Labute approximate surface area is 81.0 Å². The molecule has 0 aliphatic carbocycles. The van der Waals surface area contributed by atoms with Gasteiger partial charge < -0.3 is 10.2 Å². The van der Waals surface area contributed by atoms with Gasteiger partial charge in [-0.15, -0.1) is 0 Å². The first kappa shape index (κ1) is 8.73. The Morgan fingerprint density at radius 3 is 3.07 bits per heavy atom. The zero-order chi connectivity index (χ0) is 9.97. The SMILES string of the molecule is N#CCc1ccc2nc(CN)oc2c1. The Kier molecular flexibility index (Phi) is 2.17. The molecule has 4 nitrogen and oxygen atoms in total. The fourth-order valence-electron chi connectivity index (χ4n) is 1.31. The van der Waals surface area contributed by atoms with Gasteiger partial charge in [0.25, 0.3) is 0 Å². The van der Waals surface area contributed by atoms with Crippen molar-refractivity contribution in [2.45, 2.75) is 13.0 Å². The number of hydrogen-bond donors (Lipinski definition) is 1. The van der Waals surface area contributed by atoms with Gasteiger partial charge in [0.15, 0.2) is 5.58 Å². The van der Waals surface area contributed by atoms with E-state index in [0.29, 0.717) is 24.4 Å². The summed E-state index contributed by atoms with van der Waals surface area (Å²) in [7, 11) is 0. The Morgan fingerprint density at radius 2 is 2.36 bits per heavy atom. The van der Waals surface area contributed by atoms with Gasteiger partial charge in [0.1, 0.15) is 5.52 Å². The van der Waals surface area contributed by atoms with Crippen LogP contribution in [0.25, 0.3) is 11.1 Å². The number of nitrogens with zero attached hydrogens (tertiary/aromatic N) is 2. The number of hydrogen-bond acceptors (Lipinski definition) is 4. The average Bonchev–Trinajstić information content (AvgIpc) is 2.60. The molecule has 70 valence electrons. The fraction of sp³-hybridized carbons (Fsp3) is 0.200. The van der Waals surface area contributed by atoms with Gasteiger partial charge in [0.2, 0.25) is 5.89 Å². The molecule has 1 aromatic heterocycles. The second-order valence-corrected chi connectivity index (χ2v) is 2.95. The molecule has 4 heteroatoms. The summed E-state index contributed by atoms with van der Waals surface area (Å²) in [6.45, 7) is 0.294. The van der Waals surface area contributed by atoms with Gasteiger partial charge in [-0.1, -0.05) is 6.07 Å².